The summed E-state index contributed by atoms with van der Waals surface area (Å²) in [5, 5.41) is 2.89. The van der Waals surface area contributed by atoms with Gasteiger partial charge >= 0.3 is 12.0 Å². The van der Waals surface area contributed by atoms with E-state index in [-0.39, 0.29) is 17.9 Å². The third-order valence-electron chi connectivity index (χ3n) is 3.55. The Kier molecular flexibility index (Phi) is 5.20. The third kappa shape index (κ3) is 3.97. The van der Waals surface area contributed by atoms with Crippen molar-refractivity contribution >= 4 is 17.7 Å². The van der Waals surface area contributed by atoms with Gasteiger partial charge in [0.1, 0.15) is 0 Å². The second-order valence-electron chi connectivity index (χ2n) is 5.33. The first kappa shape index (κ1) is 15.4. The van der Waals surface area contributed by atoms with Crippen LogP contribution in [0, 0.1) is 5.92 Å². The summed E-state index contributed by atoms with van der Waals surface area (Å²) >= 11 is 0. The van der Waals surface area contributed by atoms with E-state index in [4.69, 9.17) is 4.74 Å². The molecular weight excluding hydrogens is 268 g/mol. The maximum Gasteiger partial charge on any atom is 0.321 e. The van der Waals surface area contributed by atoms with E-state index in [9.17, 15) is 9.59 Å². The topological polar surface area (TPSA) is 58.6 Å². The highest BCUT2D eigenvalue weighted by atomic mass is 16.5. The number of fused-ring (bicyclic) bond motifs is 1. The van der Waals surface area contributed by atoms with Gasteiger partial charge in [-0.3, -0.25) is 9.69 Å². The summed E-state index contributed by atoms with van der Waals surface area (Å²) in [5.41, 5.74) is 2.18. The van der Waals surface area contributed by atoms with Crippen LogP contribution >= 0.6 is 0 Å². The SMILES string of the molecule is CCOC(=O)C[C@H](C)CNC(=O)N1CCc2ccccc21. The first-order chi connectivity index (χ1) is 10.1. The molecule has 21 heavy (non-hydrogen) atoms. The minimum Gasteiger partial charge on any atom is -0.466 e. The van der Waals surface area contributed by atoms with Crippen LogP contribution in [0.2, 0.25) is 0 Å². The van der Waals surface area contributed by atoms with Crippen LogP contribution in [-0.2, 0) is 16.0 Å². The van der Waals surface area contributed by atoms with Gasteiger partial charge in [0.2, 0.25) is 0 Å². The molecule has 0 fully saturated rings. The second kappa shape index (κ2) is 7.11. The molecule has 5 nitrogen and oxygen atoms in total. The number of carbonyl (C=O) groups is 2. The quantitative estimate of drug-likeness (QED) is 0.847. The zero-order chi connectivity index (χ0) is 15.2. The van der Waals surface area contributed by atoms with Crippen LogP contribution in [0.5, 0.6) is 0 Å². The van der Waals surface area contributed by atoms with Gasteiger partial charge in [-0.05, 0) is 30.9 Å². The zero-order valence-corrected chi connectivity index (χ0v) is 12.6. The van der Waals surface area contributed by atoms with Crippen molar-refractivity contribution in [2.45, 2.75) is 26.7 Å². The number of nitrogens with zero attached hydrogens (tertiary/aromatic N) is 1. The van der Waals surface area contributed by atoms with E-state index in [1.807, 2.05) is 31.2 Å². The lowest BCUT2D eigenvalue weighted by atomic mass is 10.1. The van der Waals surface area contributed by atoms with Crippen molar-refractivity contribution in [1.82, 2.24) is 5.32 Å². The number of benzene rings is 1. The summed E-state index contributed by atoms with van der Waals surface area (Å²) in [6.07, 6.45) is 1.21. The van der Waals surface area contributed by atoms with Crippen molar-refractivity contribution < 1.29 is 14.3 Å². The standard InChI is InChI=1S/C16H22N2O3/c1-3-21-15(19)10-12(2)11-17-16(20)18-9-8-13-6-4-5-7-14(13)18/h4-7,12H,3,8-11H2,1-2H3,(H,17,20)/t12-/m0/s1. The van der Waals surface area contributed by atoms with E-state index in [0.717, 1.165) is 12.1 Å². The molecule has 0 bridgehead atoms. The van der Waals surface area contributed by atoms with Crippen LogP contribution in [-0.4, -0.2) is 31.7 Å². The molecule has 0 unspecified atom stereocenters. The van der Waals surface area contributed by atoms with E-state index < -0.39 is 0 Å². The molecule has 1 aliphatic rings. The fraction of sp³-hybridized carbons (Fsp3) is 0.500. The summed E-state index contributed by atoms with van der Waals surface area (Å²) in [7, 11) is 0. The lowest BCUT2D eigenvalue weighted by molar-refractivity contribution is -0.144. The van der Waals surface area contributed by atoms with Gasteiger partial charge in [0.05, 0.1) is 6.61 Å². The molecule has 1 N–H and O–H groups in total. The number of amides is 2. The Morgan fingerprint density at radius 1 is 1.38 bits per heavy atom. The number of urea groups is 1. The van der Waals surface area contributed by atoms with Gasteiger partial charge in [0, 0.05) is 25.2 Å². The molecule has 0 spiro atoms. The molecule has 1 heterocycles. The van der Waals surface area contributed by atoms with Crippen LogP contribution in [0.15, 0.2) is 24.3 Å². The Morgan fingerprint density at radius 3 is 2.90 bits per heavy atom. The Morgan fingerprint density at radius 2 is 2.14 bits per heavy atom. The van der Waals surface area contributed by atoms with Gasteiger partial charge in [0.25, 0.3) is 0 Å². The molecule has 0 aliphatic carbocycles. The molecule has 0 saturated carbocycles. The normalized spacial score (nSPS) is 14.5. The molecule has 5 heteroatoms. The average molecular weight is 290 g/mol. The van der Waals surface area contributed by atoms with Crippen molar-refractivity contribution in [1.29, 1.82) is 0 Å². The molecule has 0 aromatic heterocycles. The Labute approximate surface area is 125 Å². The number of hydrogen-bond acceptors (Lipinski definition) is 3. The largest absolute Gasteiger partial charge is 0.466 e. The van der Waals surface area contributed by atoms with E-state index in [1.165, 1.54) is 5.56 Å². The zero-order valence-electron chi connectivity index (χ0n) is 12.6. The summed E-state index contributed by atoms with van der Waals surface area (Å²) in [4.78, 5) is 25.4. The smallest absolute Gasteiger partial charge is 0.321 e. The minimum absolute atomic E-state index is 0.0610. The van der Waals surface area contributed by atoms with Crippen molar-refractivity contribution in [3.05, 3.63) is 29.8 Å². The molecule has 114 valence electrons. The summed E-state index contributed by atoms with van der Waals surface area (Å²) in [6, 6.07) is 7.83. The van der Waals surface area contributed by atoms with Gasteiger partial charge in [-0.15, -0.1) is 0 Å². The van der Waals surface area contributed by atoms with E-state index in [1.54, 1.807) is 11.8 Å². The molecular formula is C16H22N2O3. The van der Waals surface area contributed by atoms with Crippen LogP contribution in [0.3, 0.4) is 0 Å². The number of rotatable bonds is 5. The van der Waals surface area contributed by atoms with Crippen LogP contribution in [0.1, 0.15) is 25.8 Å². The van der Waals surface area contributed by atoms with Gasteiger partial charge in [-0.2, -0.15) is 0 Å². The highest BCUT2D eigenvalue weighted by molar-refractivity contribution is 5.94. The highest BCUT2D eigenvalue weighted by Crippen LogP contribution is 2.27. The molecule has 1 aromatic carbocycles. The Bertz CT molecular complexity index is 516. The molecule has 1 atom stereocenters. The molecule has 1 aliphatic heterocycles. The highest BCUT2D eigenvalue weighted by Gasteiger charge is 2.24. The number of carbonyl (C=O) groups excluding carboxylic acids is 2. The fourth-order valence-corrected chi connectivity index (χ4v) is 2.48. The third-order valence-corrected chi connectivity index (χ3v) is 3.55. The minimum atomic E-state index is -0.217. The first-order valence-corrected chi connectivity index (χ1v) is 7.40. The van der Waals surface area contributed by atoms with E-state index >= 15 is 0 Å². The summed E-state index contributed by atoms with van der Waals surface area (Å²) in [6.45, 7) is 5.28. The Hall–Kier alpha value is -2.04. The number of nitrogens with one attached hydrogen (secondary N) is 1. The molecule has 2 amide bonds. The van der Waals surface area contributed by atoms with Crippen molar-refractivity contribution in [2.24, 2.45) is 5.92 Å². The summed E-state index contributed by atoms with van der Waals surface area (Å²) < 4.78 is 4.90. The maximum atomic E-state index is 12.2. The Balaban J connectivity index is 1.82. The summed E-state index contributed by atoms with van der Waals surface area (Å²) in [5.74, 6) is -0.156. The lowest BCUT2D eigenvalue weighted by Gasteiger charge is -2.19. The number of ether oxygens (including phenoxy) is 1. The number of para-hydroxylation sites is 1. The van der Waals surface area contributed by atoms with Crippen LogP contribution < -0.4 is 10.2 Å². The van der Waals surface area contributed by atoms with Gasteiger partial charge in [-0.25, -0.2) is 4.79 Å². The predicted molar refractivity (Wildman–Crippen MR) is 81.3 cm³/mol. The number of hydrogen-bond donors (Lipinski definition) is 1. The molecule has 2 rings (SSSR count). The maximum absolute atomic E-state index is 12.2. The van der Waals surface area contributed by atoms with E-state index in [0.29, 0.717) is 26.1 Å². The lowest BCUT2D eigenvalue weighted by Crippen LogP contribution is -2.41. The van der Waals surface area contributed by atoms with Crippen LogP contribution in [0.4, 0.5) is 10.5 Å². The van der Waals surface area contributed by atoms with E-state index in [2.05, 4.69) is 5.32 Å². The first-order valence-electron chi connectivity index (χ1n) is 7.40. The van der Waals surface area contributed by atoms with Gasteiger partial charge in [-0.1, -0.05) is 25.1 Å². The number of esters is 1. The van der Waals surface area contributed by atoms with Crippen molar-refractivity contribution in [2.75, 3.05) is 24.6 Å². The van der Waals surface area contributed by atoms with Gasteiger partial charge in [0.15, 0.2) is 0 Å². The molecule has 0 radical (unpaired) electrons. The molecule has 1 aromatic rings. The predicted octanol–water partition coefficient (Wildman–Crippen LogP) is 2.35. The second-order valence-corrected chi connectivity index (χ2v) is 5.33. The van der Waals surface area contributed by atoms with Gasteiger partial charge < -0.3 is 10.1 Å². The average Bonchev–Trinajstić information content (AvgIpc) is 2.89. The van der Waals surface area contributed by atoms with Crippen molar-refractivity contribution in [3.8, 4) is 0 Å². The number of anilines is 1. The van der Waals surface area contributed by atoms with Crippen molar-refractivity contribution in [3.63, 3.8) is 0 Å². The monoisotopic (exact) mass is 290 g/mol. The fourth-order valence-electron chi connectivity index (χ4n) is 2.48. The van der Waals surface area contributed by atoms with Crippen LogP contribution in [0.25, 0.3) is 0 Å². The molecule has 0 saturated heterocycles.